The third-order valence-corrected chi connectivity index (χ3v) is 3.35. The standard InChI is InChI=1S/C14H12F3NO2S/c15-14(16,17)9-20-7-11(19)6-13-18-12(8-21-13)10-4-2-1-3-5-10/h1-5,8H,6-7,9H2. The number of Topliss-reactive ketones (excluding diaryl/α,β-unsaturated/α-hetero) is 1. The van der Waals surface area contributed by atoms with E-state index in [0.717, 1.165) is 11.3 Å². The molecule has 112 valence electrons. The molecule has 0 radical (unpaired) electrons. The molecule has 3 nitrogen and oxygen atoms in total. The number of aromatic nitrogens is 1. The van der Waals surface area contributed by atoms with Gasteiger partial charge in [0.05, 0.1) is 12.1 Å². The van der Waals surface area contributed by atoms with E-state index in [1.165, 1.54) is 11.3 Å². The van der Waals surface area contributed by atoms with Gasteiger partial charge in [0.25, 0.3) is 0 Å². The van der Waals surface area contributed by atoms with E-state index in [1.807, 2.05) is 35.7 Å². The van der Waals surface area contributed by atoms with Gasteiger partial charge in [-0.2, -0.15) is 13.2 Å². The van der Waals surface area contributed by atoms with Gasteiger partial charge in [-0.25, -0.2) is 4.98 Å². The summed E-state index contributed by atoms with van der Waals surface area (Å²) in [5, 5.41) is 2.38. The second-order valence-corrected chi connectivity index (χ2v) is 5.26. The van der Waals surface area contributed by atoms with Gasteiger partial charge in [0.1, 0.15) is 18.2 Å². The van der Waals surface area contributed by atoms with Crippen LogP contribution >= 0.6 is 11.3 Å². The first-order chi connectivity index (χ1) is 9.94. The lowest BCUT2D eigenvalue weighted by molar-refractivity contribution is -0.175. The molecule has 7 heteroatoms. The number of alkyl halides is 3. The fourth-order valence-electron chi connectivity index (χ4n) is 1.63. The van der Waals surface area contributed by atoms with Crippen molar-refractivity contribution in [2.45, 2.75) is 12.6 Å². The van der Waals surface area contributed by atoms with Crippen molar-refractivity contribution in [3.63, 3.8) is 0 Å². The Morgan fingerprint density at radius 2 is 1.95 bits per heavy atom. The summed E-state index contributed by atoms with van der Waals surface area (Å²) in [5.41, 5.74) is 1.68. The molecule has 0 N–H and O–H groups in total. The van der Waals surface area contributed by atoms with Crippen LogP contribution in [0.25, 0.3) is 11.3 Å². The van der Waals surface area contributed by atoms with Crippen LogP contribution in [0.3, 0.4) is 0 Å². The van der Waals surface area contributed by atoms with E-state index in [-0.39, 0.29) is 6.42 Å². The number of halogens is 3. The Kier molecular flexibility index (Phi) is 5.08. The number of nitrogens with zero attached hydrogens (tertiary/aromatic N) is 1. The topological polar surface area (TPSA) is 39.2 Å². The summed E-state index contributed by atoms with van der Waals surface area (Å²) >= 11 is 1.30. The molecule has 0 amide bonds. The smallest absolute Gasteiger partial charge is 0.364 e. The van der Waals surface area contributed by atoms with Gasteiger partial charge in [-0.05, 0) is 0 Å². The molecule has 0 atom stereocenters. The van der Waals surface area contributed by atoms with E-state index in [1.54, 1.807) is 0 Å². The summed E-state index contributed by atoms with van der Waals surface area (Å²) in [6.45, 7) is -1.97. The van der Waals surface area contributed by atoms with Crippen LogP contribution in [0.5, 0.6) is 0 Å². The molecule has 1 aromatic carbocycles. The number of benzene rings is 1. The third kappa shape index (κ3) is 5.28. The van der Waals surface area contributed by atoms with E-state index >= 15 is 0 Å². The predicted molar refractivity (Wildman–Crippen MR) is 73.1 cm³/mol. The van der Waals surface area contributed by atoms with Gasteiger partial charge in [0.15, 0.2) is 5.78 Å². The van der Waals surface area contributed by atoms with Crippen LogP contribution in [-0.2, 0) is 16.0 Å². The molecule has 0 aliphatic carbocycles. The van der Waals surface area contributed by atoms with Crippen LogP contribution < -0.4 is 0 Å². The van der Waals surface area contributed by atoms with E-state index in [9.17, 15) is 18.0 Å². The second-order valence-electron chi connectivity index (χ2n) is 4.32. The Bertz CT molecular complexity index is 596. The predicted octanol–water partition coefficient (Wildman–Crippen LogP) is 3.50. The van der Waals surface area contributed by atoms with Gasteiger partial charge in [-0.15, -0.1) is 11.3 Å². The number of thiazole rings is 1. The molecule has 0 unspecified atom stereocenters. The number of hydrogen-bond acceptors (Lipinski definition) is 4. The second kappa shape index (κ2) is 6.82. The summed E-state index contributed by atoms with van der Waals surface area (Å²) in [7, 11) is 0. The maximum atomic E-state index is 11.9. The summed E-state index contributed by atoms with van der Waals surface area (Å²) in [6.07, 6.45) is -4.43. The average Bonchev–Trinajstić information content (AvgIpc) is 2.86. The Morgan fingerprint density at radius 1 is 1.24 bits per heavy atom. The molecule has 0 saturated heterocycles. The summed E-state index contributed by atoms with van der Waals surface area (Å²) < 4.78 is 40.0. The molecule has 2 rings (SSSR count). The largest absolute Gasteiger partial charge is 0.411 e. The van der Waals surface area contributed by atoms with Crippen molar-refractivity contribution in [3.8, 4) is 11.3 Å². The zero-order valence-corrected chi connectivity index (χ0v) is 11.7. The molecule has 0 aliphatic heterocycles. The zero-order valence-electron chi connectivity index (χ0n) is 10.9. The maximum Gasteiger partial charge on any atom is 0.411 e. The van der Waals surface area contributed by atoms with E-state index in [2.05, 4.69) is 9.72 Å². The number of rotatable bonds is 6. The molecule has 0 saturated carbocycles. The van der Waals surface area contributed by atoms with E-state index in [4.69, 9.17) is 0 Å². The number of hydrogen-bond donors (Lipinski definition) is 0. The molecular formula is C14H12F3NO2S. The van der Waals surface area contributed by atoms with Gasteiger partial charge in [-0.1, -0.05) is 30.3 Å². The summed E-state index contributed by atoms with van der Waals surface area (Å²) in [6, 6.07) is 9.44. The Labute approximate surface area is 123 Å². The van der Waals surface area contributed by atoms with Crippen molar-refractivity contribution in [1.82, 2.24) is 4.98 Å². The minimum atomic E-state index is -4.41. The number of ether oxygens (including phenoxy) is 1. The molecule has 0 spiro atoms. The highest BCUT2D eigenvalue weighted by molar-refractivity contribution is 7.10. The molecule has 0 fully saturated rings. The molecule has 1 aromatic heterocycles. The Hall–Kier alpha value is -1.73. The van der Waals surface area contributed by atoms with Crippen LogP contribution in [0.1, 0.15) is 5.01 Å². The first-order valence-corrected chi connectivity index (χ1v) is 6.98. The third-order valence-electron chi connectivity index (χ3n) is 2.50. The lowest BCUT2D eigenvalue weighted by atomic mass is 10.2. The SMILES string of the molecule is O=C(COCC(F)(F)F)Cc1nc(-c2ccccc2)cs1. The van der Waals surface area contributed by atoms with Crippen LogP contribution in [-0.4, -0.2) is 30.2 Å². The highest BCUT2D eigenvalue weighted by atomic mass is 32.1. The molecule has 0 bridgehead atoms. The van der Waals surface area contributed by atoms with Crippen LogP contribution in [0.15, 0.2) is 35.7 Å². The van der Waals surface area contributed by atoms with Crippen molar-refractivity contribution >= 4 is 17.1 Å². The van der Waals surface area contributed by atoms with Gasteiger partial charge in [0.2, 0.25) is 0 Å². The molecule has 0 aliphatic rings. The Morgan fingerprint density at radius 3 is 2.62 bits per heavy atom. The van der Waals surface area contributed by atoms with Crippen LogP contribution in [0.4, 0.5) is 13.2 Å². The molecule has 1 heterocycles. The molecule has 2 aromatic rings. The zero-order chi connectivity index (χ0) is 15.3. The summed E-state index contributed by atoms with van der Waals surface area (Å²) in [4.78, 5) is 15.8. The van der Waals surface area contributed by atoms with Crippen molar-refractivity contribution < 1.29 is 22.7 Å². The average molecular weight is 315 g/mol. The first kappa shape index (κ1) is 15.7. The highest BCUT2D eigenvalue weighted by Gasteiger charge is 2.27. The fourth-order valence-corrected chi connectivity index (χ4v) is 2.47. The quantitative estimate of drug-likeness (QED) is 0.819. The number of carbonyl (C=O) groups excluding carboxylic acids is 1. The monoisotopic (exact) mass is 315 g/mol. The minimum absolute atomic E-state index is 0.0185. The normalized spacial score (nSPS) is 11.6. The van der Waals surface area contributed by atoms with Gasteiger partial charge in [0, 0.05) is 10.9 Å². The van der Waals surface area contributed by atoms with Crippen molar-refractivity contribution in [2.24, 2.45) is 0 Å². The highest BCUT2D eigenvalue weighted by Crippen LogP contribution is 2.22. The van der Waals surface area contributed by atoms with Crippen LogP contribution in [0.2, 0.25) is 0 Å². The number of carbonyl (C=O) groups is 1. The minimum Gasteiger partial charge on any atom is -0.364 e. The fraction of sp³-hybridized carbons (Fsp3) is 0.286. The molecular weight excluding hydrogens is 303 g/mol. The van der Waals surface area contributed by atoms with E-state index in [0.29, 0.717) is 5.01 Å². The maximum absolute atomic E-state index is 11.9. The summed E-state index contributed by atoms with van der Waals surface area (Å²) in [5.74, 6) is -0.423. The van der Waals surface area contributed by atoms with Crippen LogP contribution in [0, 0.1) is 0 Å². The van der Waals surface area contributed by atoms with Crippen molar-refractivity contribution in [2.75, 3.05) is 13.2 Å². The molecule has 21 heavy (non-hydrogen) atoms. The van der Waals surface area contributed by atoms with Gasteiger partial charge >= 0.3 is 6.18 Å². The first-order valence-electron chi connectivity index (χ1n) is 6.10. The van der Waals surface area contributed by atoms with Gasteiger partial charge in [-0.3, -0.25) is 4.79 Å². The van der Waals surface area contributed by atoms with Gasteiger partial charge < -0.3 is 4.74 Å². The van der Waals surface area contributed by atoms with Crippen molar-refractivity contribution in [1.29, 1.82) is 0 Å². The van der Waals surface area contributed by atoms with E-state index < -0.39 is 25.2 Å². The van der Waals surface area contributed by atoms with Crippen molar-refractivity contribution in [3.05, 3.63) is 40.7 Å². The number of ketones is 1. The lowest BCUT2D eigenvalue weighted by Crippen LogP contribution is -2.21. The lowest BCUT2D eigenvalue weighted by Gasteiger charge is -2.06. The Balaban J connectivity index is 1.87.